The molecule has 0 aromatic carbocycles. The molecule has 0 saturated heterocycles. The number of hydrogen-bond donors (Lipinski definition) is 3. The molecule has 0 bridgehead atoms. The average molecular weight is 303 g/mol. The van der Waals surface area contributed by atoms with Crippen molar-refractivity contribution in [3.8, 4) is 0 Å². The Bertz CT molecular complexity index is 524. The Morgan fingerprint density at radius 3 is 2.60 bits per heavy atom. The van der Waals surface area contributed by atoms with Gasteiger partial charge >= 0.3 is 0 Å². The molecule has 0 saturated carbocycles. The van der Waals surface area contributed by atoms with Crippen LogP contribution in [0.2, 0.25) is 0 Å². The molecular weight excluding hydrogens is 278 g/mol. The Kier molecular flexibility index (Phi) is 6.12. The number of aryl methyl sites for hydroxylation is 1. The van der Waals surface area contributed by atoms with Crippen LogP contribution >= 0.6 is 0 Å². The van der Waals surface area contributed by atoms with Gasteiger partial charge in [0, 0.05) is 12.6 Å². The lowest BCUT2D eigenvalue weighted by molar-refractivity contribution is 0.379. The summed E-state index contributed by atoms with van der Waals surface area (Å²) in [5.41, 5.74) is 1.07. The van der Waals surface area contributed by atoms with E-state index in [4.69, 9.17) is 0 Å². The summed E-state index contributed by atoms with van der Waals surface area (Å²) in [5, 5.41) is 9.69. The third-order valence-corrected chi connectivity index (χ3v) is 4.73. The smallest absolute Gasteiger partial charge is 0.244 e. The van der Waals surface area contributed by atoms with Crippen LogP contribution < -0.4 is 10.0 Å². The van der Waals surface area contributed by atoms with Crippen molar-refractivity contribution >= 4 is 10.0 Å². The Morgan fingerprint density at radius 1 is 1.40 bits per heavy atom. The second-order valence-corrected chi connectivity index (χ2v) is 6.92. The summed E-state index contributed by atoms with van der Waals surface area (Å²) in [6.07, 6.45) is 0.754. The lowest BCUT2D eigenvalue weighted by Crippen LogP contribution is -2.35. The molecule has 116 valence electrons. The van der Waals surface area contributed by atoms with Crippen LogP contribution in [-0.4, -0.2) is 57.2 Å². The first kappa shape index (κ1) is 17.1. The Balaban J connectivity index is 2.85. The Labute approximate surface area is 121 Å². The van der Waals surface area contributed by atoms with E-state index in [1.165, 1.54) is 0 Å². The van der Waals surface area contributed by atoms with Crippen molar-refractivity contribution in [1.82, 2.24) is 25.1 Å². The van der Waals surface area contributed by atoms with E-state index in [-0.39, 0.29) is 10.9 Å². The fourth-order valence-electron chi connectivity index (χ4n) is 1.95. The molecular formula is C12H25N5O2S. The maximum Gasteiger partial charge on any atom is 0.244 e. The molecule has 1 aromatic rings. The molecule has 20 heavy (non-hydrogen) atoms. The molecule has 8 heteroatoms. The third-order valence-electron chi connectivity index (χ3n) is 2.94. The van der Waals surface area contributed by atoms with Gasteiger partial charge in [-0.2, -0.15) is 5.10 Å². The lowest BCUT2D eigenvalue weighted by Gasteiger charge is -2.17. The summed E-state index contributed by atoms with van der Waals surface area (Å²) >= 11 is 0. The minimum atomic E-state index is -3.55. The van der Waals surface area contributed by atoms with Gasteiger partial charge in [0.2, 0.25) is 10.0 Å². The number of rotatable bonds is 8. The van der Waals surface area contributed by atoms with Crippen LogP contribution in [-0.2, 0) is 16.6 Å². The number of hydrogen-bond acceptors (Lipinski definition) is 5. The first-order chi connectivity index (χ1) is 9.27. The number of H-pyrrole nitrogens is 1. The summed E-state index contributed by atoms with van der Waals surface area (Å²) in [6, 6.07) is -0.126. The van der Waals surface area contributed by atoms with Crippen molar-refractivity contribution in [1.29, 1.82) is 0 Å². The summed E-state index contributed by atoms with van der Waals surface area (Å²) in [7, 11) is 2.14. The van der Waals surface area contributed by atoms with Gasteiger partial charge < -0.3 is 10.2 Å². The first-order valence-electron chi connectivity index (χ1n) is 6.63. The second-order valence-electron chi connectivity index (χ2n) is 5.27. The highest BCUT2D eigenvalue weighted by Gasteiger charge is 2.25. The lowest BCUT2D eigenvalue weighted by atomic mass is 10.2. The number of nitrogens with zero attached hydrogens (tertiary/aromatic N) is 2. The summed E-state index contributed by atoms with van der Waals surface area (Å²) < 4.78 is 27.6. The average Bonchev–Trinajstić information content (AvgIpc) is 2.68. The molecule has 1 atom stereocenters. The van der Waals surface area contributed by atoms with Crippen molar-refractivity contribution in [3.63, 3.8) is 0 Å². The zero-order chi connectivity index (χ0) is 15.3. The van der Waals surface area contributed by atoms with Gasteiger partial charge in [0.1, 0.15) is 4.90 Å². The van der Waals surface area contributed by atoms with Crippen LogP contribution in [0.5, 0.6) is 0 Å². The highest BCUT2D eigenvalue weighted by atomic mass is 32.2. The Hall–Kier alpha value is -0.960. The fraction of sp³-hybridized carbons (Fsp3) is 0.750. The molecule has 0 fully saturated rings. The van der Waals surface area contributed by atoms with Gasteiger partial charge in [-0.05, 0) is 48.0 Å². The number of aromatic nitrogens is 2. The molecule has 1 heterocycles. The van der Waals surface area contributed by atoms with Gasteiger partial charge in [0.15, 0.2) is 0 Å². The van der Waals surface area contributed by atoms with E-state index < -0.39 is 10.0 Å². The summed E-state index contributed by atoms with van der Waals surface area (Å²) in [4.78, 5) is 2.28. The second kappa shape index (κ2) is 7.16. The first-order valence-corrected chi connectivity index (χ1v) is 8.11. The molecule has 0 aliphatic heterocycles. The van der Waals surface area contributed by atoms with Gasteiger partial charge in [-0.1, -0.05) is 0 Å². The van der Waals surface area contributed by atoms with Gasteiger partial charge in [0.05, 0.1) is 11.4 Å². The zero-order valence-electron chi connectivity index (χ0n) is 12.8. The van der Waals surface area contributed by atoms with Crippen LogP contribution in [0.1, 0.15) is 24.7 Å². The van der Waals surface area contributed by atoms with Gasteiger partial charge in [-0.3, -0.25) is 5.10 Å². The normalized spacial score (nSPS) is 13.9. The molecule has 3 N–H and O–H groups in total. The van der Waals surface area contributed by atoms with Gasteiger partial charge in [-0.25, -0.2) is 13.1 Å². The molecule has 0 radical (unpaired) electrons. The van der Waals surface area contributed by atoms with Crippen molar-refractivity contribution in [2.24, 2.45) is 0 Å². The standard InChI is InChI=1S/C12H25N5O2S/c1-9(6-7-17(4)5)16-20(18,19)12-10(2)14-15-11(12)8-13-3/h9,13,16H,6-8H2,1-5H3,(H,14,15). The monoisotopic (exact) mass is 303 g/mol. The maximum atomic E-state index is 12.5. The van der Waals surface area contributed by atoms with E-state index >= 15 is 0 Å². The van der Waals surface area contributed by atoms with Crippen LogP contribution in [0.15, 0.2) is 4.90 Å². The largest absolute Gasteiger partial charge is 0.314 e. The molecule has 0 amide bonds. The van der Waals surface area contributed by atoms with Crippen LogP contribution in [0.3, 0.4) is 0 Å². The van der Waals surface area contributed by atoms with Crippen molar-refractivity contribution in [2.45, 2.75) is 37.8 Å². The molecule has 0 aliphatic rings. The maximum absolute atomic E-state index is 12.5. The zero-order valence-corrected chi connectivity index (χ0v) is 13.6. The van der Waals surface area contributed by atoms with Crippen molar-refractivity contribution < 1.29 is 8.42 Å². The third kappa shape index (κ3) is 4.55. The number of nitrogens with one attached hydrogen (secondary N) is 3. The van der Waals surface area contributed by atoms with E-state index in [9.17, 15) is 8.42 Å². The molecule has 1 unspecified atom stereocenters. The van der Waals surface area contributed by atoms with Crippen LogP contribution in [0.4, 0.5) is 0 Å². The number of aromatic amines is 1. The van der Waals surface area contributed by atoms with E-state index in [0.717, 1.165) is 13.0 Å². The van der Waals surface area contributed by atoms with Crippen LogP contribution in [0.25, 0.3) is 0 Å². The van der Waals surface area contributed by atoms with E-state index in [0.29, 0.717) is 17.9 Å². The summed E-state index contributed by atoms with van der Waals surface area (Å²) in [6.45, 7) is 4.82. The summed E-state index contributed by atoms with van der Waals surface area (Å²) in [5.74, 6) is 0. The highest BCUT2D eigenvalue weighted by molar-refractivity contribution is 7.89. The minimum Gasteiger partial charge on any atom is -0.314 e. The fourth-order valence-corrected chi connectivity index (χ4v) is 3.59. The van der Waals surface area contributed by atoms with E-state index in [1.807, 2.05) is 25.9 Å². The van der Waals surface area contributed by atoms with Crippen molar-refractivity contribution in [3.05, 3.63) is 11.4 Å². The molecule has 1 rings (SSSR count). The quantitative estimate of drug-likeness (QED) is 0.632. The predicted molar refractivity (Wildman–Crippen MR) is 79.0 cm³/mol. The van der Waals surface area contributed by atoms with Gasteiger partial charge in [-0.15, -0.1) is 0 Å². The SMILES string of the molecule is CNCc1n[nH]c(C)c1S(=O)(=O)NC(C)CCN(C)C. The number of sulfonamides is 1. The Morgan fingerprint density at radius 2 is 2.05 bits per heavy atom. The van der Waals surface area contributed by atoms with Crippen molar-refractivity contribution in [2.75, 3.05) is 27.7 Å². The van der Waals surface area contributed by atoms with Gasteiger partial charge in [0.25, 0.3) is 0 Å². The molecule has 0 aliphatic carbocycles. The molecule has 0 spiro atoms. The minimum absolute atomic E-state index is 0.126. The van der Waals surface area contributed by atoms with Crippen LogP contribution in [0, 0.1) is 6.92 Å². The predicted octanol–water partition coefficient (Wildman–Crippen LogP) is 0.0560. The highest BCUT2D eigenvalue weighted by Crippen LogP contribution is 2.18. The van der Waals surface area contributed by atoms with E-state index in [2.05, 4.69) is 20.2 Å². The molecule has 1 aromatic heterocycles. The topological polar surface area (TPSA) is 90.1 Å². The van der Waals surface area contributed by atoms with E-state index in [1.54, 1.807) is 14.0 Å². The molecule has 7 nitrogen and oxygen atoms in total.